The standard InChI is InChI=1S/C11H14BrClN2O/c1-3-14-11(16)6-15-10-5-9(13)7(2)4-8(10)12/h4-5,15H,3,6H2,1-2H3,(H,14,16). The van der Waals surface area contributed by atoms with Gasteiger partial charge in [0.1, 0.15) is 0 Å². The second kappa shape index (κ2) is 6.11. The van der Waals surface area contributed by atoms with Crippen LogP contribution in [0.15, 0.2) is 16.6 Å². The minimum atomic E-state index is -0.0360. The van der Waals surface area contributed by atoms with Crippen LogP contribution in [0.25, 0.3) is 0 Å². The lowest BCUT2D eigenvalue weighted by Gasteiger charge is -2.10. The van der Waals surface area contributed by atoms with Gasteiger partial charge in [0.25, 0.3) is 0 Å². The summed E-state index contributed by atoms with van der Waals surface area (Å²) in [6.07, 6.45) is 0. The summed E-state index contributed by atoms with van der Waals surface area (Å²) >= 11 is 9.42. The Kier molecular flexibility index (Phi) is 5.09. The lowest BCUT2D eigenvalue weighted by molar-refractivity contribution is -0.119. The van der Waals surface area contributed by atoms with Crippen LogP contribution in [0.4, 0.5) is 5.69 Å². The number of benzene rings is 1. The average Bonchev–Trinajstić information content (AvgIpc) is 2.22. The maximum absolute atomic E-state index is 11.3. The third kappa shape index (κ3) is 3.68. The highest BCUT2D eigenvalue weighted by atomic mass is 79.9. The summed E-state index contributed by atoms with van der Waals surface area (Å²) in [6.45, 7) is 4.69. The summed E-state index contributed by atoms with van der Waals surface area (Å²) in [5, 5.41) is 6.42. The molecule has 0 aliphatic carbocycles. The van der Waals surface area contributed by atoms with Crippen molar-refractivity contribution in [3.63, 3.8) is 0 Å². The largest absolute Gasteiger partial charge is 0.375 e. The summed E-state index contributed by atoms with van der Waals surface area (Å²) in [6, 6.07) is 3.72. The molecule has 0 spiro atoms. The van der Waals surface area contributed by atoms with Crippen LogP contribution in [-0.2, 0) is 4.79 Å². The maximum atomic E-state index is 11.3. The van der Waals surface area contributed by atoms with Crippen LogP contribution in [0.1, 0.15) is 12.5 Å². The minimum absolute atomic E-state index is 0.0360. The molecule has 0 saturated heterocycles. The van der Waals surface area contributed by atoms with E-state index in [1.54, 1.807) is 6.07 Å². The Labute approximate surface area is 109 Å². The number of hydrogen-bond acceptors (Lipinski definition) is 2. The van der Waals surface area contributed by atoms with Crippen LogP contribution in [0, 0.1) is 6.92 Å². The maximum Gasteiger partial charge on any atom is 0.239 e. The van der Waals surface area contributed by atoms with Crippen molar-refractivity contribution < 1.29 is 4.79 Å². The lowest BCUT2D eigenvalue weighted by atomic mass is 10.2. The van der Waals surface area contributed by atoms with Gasteiger partial charge in [-0.25, -0.2) is 0 Å². The Morgan fingerprint density at radius 3 is 2.81 bits per heavy atom. The predicted molar refractivity (Wildman–Crippen MR) is 71.1 cm³/mol. The highest BCUT2D eigenvalue weighted by Crippen LogP contribution is 2.28. The lowest BCUT2D eigenvalue weighted by Crippen LogP contribution is -2.29. The quantitative estimate of drug-likeness (QED) is 0.898. The first-order valence-corrected chi connectivity index (χ1v) is 6.18. The summed E-state index contributed by atoms with van der Waals surface area (Å²) in [5.41, 5.74) is 1.82. The number of aryl methyl sites for hydroxylation is 1. The van der Waals surface area contributed by atoms with Gasteiger partial charge in [0, 0.05) is 16.0 Å². The van der Waals surface area contributed by atoms with E-state index in [0.29, 0.717) is 11.6 Å². The van der Waals surface area contributed by atoms with Gasteiger partial charge in [0.2, 0.25) is 5.91 Å². The SMILES string of the molecule is CCNC(=O)CNc1cc(Cl)c(C)cc1Br. The molecule has 1 aromatic carbocycles. The topological polar surface area (TPSA) is 41.1 Å². The molecule has 0 aliphatic heterocycles. The number of halogens is 2. The van der Waals surface area contributed by atoms with Crippen LogP contribution in [0.2, 0.25) is 5.02 Å². The average molecular weight is 306 g/mol. The fraction of sp³-hybridized carbons (Fsp3) is 0.364. The van der Waals surface area contributed by atoms with Crippen molar-refractivity contribution in [2.75, 3.05) is 18.4 Å². The molecular formula is C11H14BrClN2O. The first-order valence-electron chi connectivity index (χ1n) is 5.00. The molecule has 1 aromatic rings. The highest BCUT2D eigenvalue weighted by molar-refractivity contribution is 9.10. The molecular weight excluding hydrogens is 291 g/mol. The fourth-order valence-electron chi connectivity index (χ4n) is 1.22. The van der Waals surface area contributed by atoms with Gasteiger partial charge in [-0.3, -0.25) is 4.79 Å². The number of rotatable bonds is 4. The molecule has 16 heavy (non-hydrogen) atoms. The Bertz CT molecular complexity index is 396. The third-order valence-electron chi connectivity index (χ3n) is 2.06. The normalized spacial score (nSPS) is 10.0. The fourth-order valence-corrected chi connectivity index (χ4v) is 1.98. The minimum Gasteiger partial charge on any atom is -0.375 e. The molecule has 0 radical (unpaired) electrons. The van der Waals surface area contributed by atoms with Crippen molar-refractivity contribution in [3.05, 3.63) is 27.2 Å². The second-order valence-electron chi connectivity index (χ2n) is 3.39. The molecule has 5 heteroatoms. The molecule has 0 fully saturated rings. The van der Waals surface area contributed by atoms with E-state index in [4.69, 9.17) is 11.6 Å². The third-order valence-corrected chi connectivity index (χ3v) is 3.12. The van der Waals surface area contributed by atoms with Crippen molar-refractivity contribution in [3.8, 4) is 0 Å². The van der Waals surface area contributed by atoms with Crippen molar-refractivity contribution in [2.24, 2.45) is 0 Å². The monoisotopic (exact) mass is 304 g/mol. The zero-order chi connectivity index (χ0) is 12.1. The van der Waals surface area contributed by atoms with Gasteiger partial charge in [-0.05, 0) is 47.5 Å². The van der Waals surface area contributed by atoms with Gasteiger partial charge in [0.15, 0.2) is 0 Å². The summed E-state index contributed by atoms with van der Waals surface area (Å²) in [4.78, 5) is 11.3. The zero-order valence-corrected chi connectivity index (χ0v) is 11.6. The molecule has 3 nitrogen and oxygen atoms in total. The van der Waals surface area contributed by atoms with Crippen molar-refractivity contribution in [2.45, 2.75) is 13.8 Å². The summed E-state index contributed by atoms with van der Waals surface area (Å²) < 4.78 is 0.902. The Morgan fingerprint density at radius 1 is 1.50 bits per heavy atom. The molecule has 0 aliphatic rings. The number of anilines is 1. The second-order valence-corrected chi connectivity index (χ2v) is 4.65. The smallest absolute Gasteiger partial charge is 0.239 e. The van der Waals surface area contributed by atoms with E-state index in [1.165, 1.54) is 0 Å². The van der Waals surface area contributed by atoms with Crippen LogP contribution in [0.3, 0.4) is 0 Å². The first-order chi connectivity index (χ1) is 7.54. The number of nitrogens with one attached hydrogen (secondary N) is 2. The van der Waals surface area contributed by atoms with E-state index in [2.05, 4.69) is 26.6 Å². The highest BCUT2D eigenvalue weighted by Gasteiger charge is 2.05. The van der Waals surface area contributed by atoms with Crippen LogP contribution in [0.5, 0.6) is 0 Å². The number of carbonyl (C=O) groups excluding carboxylic acids is 1. The number of amides is 1. The molecule has 0 unspecified atom stereocenters. The summed E-state index contributed by atoms with van der Waals surface area (Å²) in [7, 11) is 0. The van der Waals surface area contributed by atoms with Crippen molar-refractivity contribution >= 4 is 39.1 Å². The van der Waals surface area contributed by atoms with Crippen LogP contribution in [-0.4, -0.2) is 19.0 Å². The van der Waals surface area contributed by atoms with E-state index in [1.807, 2.05) is 19.9 Å². The van der Waals surface area contributed by atoms with Gasteiger partial charge in [-0.1, -0.05) is 11.6 Å². The van der Waals surface area contributed by atoms with Gasteiger partial charge >= 0.3 is 0 Å². The van der Waals surface area contributed by atoms with Gasteiger partial charge in [0.05, 0.1) is 12.2 Å². The molecule has 0 saturated carbocycles. The van der Waals surface area contributed by atoms with Gasteiger partial charge in [-0.2, -0.15) is 0 Å². The van der Waals surface area contributed by atoms with Crippen molar-refractivity contribution in [1.82, 2.24) is 5.32 Å². The van der Waals surface area contributed by atoms with Crippen LogP contribution < -0.4 is 10.6 Å². The van der Waals surface area contributed by atoms with E-state index < -0.39 is 0 Å². The molecule has 0 aromatic heterocycles. The Morgan fingerprint density at radius 2 is 2.19 bits per heavy atom. The van der Waals surface area contributed by atoms with Crippen LogP contribution >= 0.6 is 27.5 Å². The molecule has 0 heterocycles. The number of likely N-dealkylation sites (N-methyl/N-ethyl adjacent to an activating group) is 1. The number of hydrogen-bond donors (Lipinski definition) is 2. The molecule has 2 N–H and O–H groups in total. The molecule has 1 amide bonds. The molecule has 1 rings (SSSR count). The van der Waals surface area contributed by atoms with E-state index in [-0.39, 0.29) is 12.5 Å². The number of carbonyl (C=O) groups is 1. The van der Waals surface area contributed by atoms with Crippen molar-refractivity contribution in [1.29, 1.82) is 0 Å². The zero-order valence-electron chi connectivity index (χ0n) is 9.23. The summed E-state index contributed by atoms with van der Waals surface area (Å²) in [5.74, 6) is -0.0360. The Balaban J connectivity index is 2.67. The van der Waals surface area contributed by atoms with E-state index >= 15 is 0 Å². The van der Waals surface area contributed by atoms with E-state index in [9.17, 15) is 4.79 Å². The molecule has 88 valence electrons. The predicted octanol–water partition coefficient (Wildman–Crippen LogP) is 2.96. The Hall–Kier alpha value is -0.740. The van der Waals surface area contributed by atoms with E-state index in [0.717, 1.165) is 15.7 Å². The first kappa shape index (κ1) is 13.3. The van der Waals surface area contributed by atoms with Gasteiger partial charge in [-0.15, -0.1) is 0 Å². The molecule has 0 bridgehead atoms. The molecule has 0 atom stereocenters. The van der Waals surface area contributed by atoms with Gasteiger partial charge < -0.3 is 10.6 Å².